The maximum Gasteiger partial charge on any atom is 0.221 e. The first kappa shape index (κ1) is 14.7. The number of aromatic nitrogens is 2. The van der Waals surface area contributed by atoms with Gasteiger partial charge in [0.2, 0.25) is 5.91 Å². The predicted molar refractivity (Wildman–Crippen MR) is 88.2 cm³/mol. The van der Waals surface area contributed by atoms with Crippen molar-refractivity contribution < 1.29 is 9.59 Å². The van der Waals surface area contributed by atoms with Crippen molar-refractivity contribution in [3.8, 4) is 11.1 Å². The van der Waals surface area contributed by atoms with Crippen LogP contribution >= 0.6 is 0 Å². The number of rotatable bonds is 4. The summed E-state index contributed by atoms with van der Waals surface area (Å²) in [5, 5.41) is 2.72. The van der Waals surface area contributed by atoms with Crippen molar-refractivity contribution in [3.05, 3.63) is 72.3 Å². The summed E-state index contributed by atoms with van der Waals surface area (Å²) in [6, 6.07) is 10.8. The standard InChI is InChI=1S/C18H15N3O2/c1-12(22)21-15-6-4-13(5-7-15)16-10-20-11-17(16)18(23)14-3-2-8-19-9-14/h2-11,20H,1H3,(H,21,22). The zero-order valence-electron chi connectivity index (χ0n) is 12.5. The van der Waals surface area contributed by atoms with Gasteiger partial charge in [0.05, 0.1) is 0 Å². The second-order valence-electron chi connectivity index (χ2n) is 5.11. The van der Waals surface area contributed by atoms with Crippen LogP contribution in [0.25, 0.3) is 11.1 Å². The molecule has 23 heavy (non-hydrogen) atoms. The van der Waals surface area contributed by atoms with E-state index in [4.69, 9.17) is 0 Å². The molecular weight excluding hydrogens is 290 g/mol. The second kappa shape index (κ2) is 6.27. The maximum absolute atomic E-state index is 12.6. The minimum atomic E-state index is -0.119. The lowest BCUT2D eigenvalue weighted by molar-refractivity contribution is -0.114. The number of pyridine rings is 1. The first-order chi connectivity index (χ1) is 11.1. The van der Waals surface area contributed by atoms with Gasteiger partial charge in [-0.1, -0.05) is 12.1 Å². The molecule has 0 bridgehead atoms. The quantitative estimate of drug-likeness (QED) is 0.726. The van der Waals surface area contributed by atoms with Gasteiger partial charge in [-0.15, -0.1) is 0 Å². The van der Waals surface area contributed by atoms with Crippen LogP contribution in [0.15, 0.2) is 61.2 Å². The molecule has 0 saturated heterocycles. The van der Waals surface area contributed by atoms with E-state index in [-0.39, 0.29) is 11.7 Å². The van der Waals surface area contributed by atoms with Crippen LogP contribution in [-0.4, -0.2) is 21.7 Å². The zero-order chi connectivity index (χ0) is 16.2. The molecule has 0 aliphatic heterocycles. The van der Waals surface area contributed by atoms with Gasteiger partial charge in [0.1, 0.15) is 0 Å². The van der Waals surface area contributed by atoms with Crippen LogP contribution in [0.3, 0.4) is 0 Å². The van der Waals surface area contributed by atoms with Gasteiger partial charge in [-0.2, -0.15) is 0 Å². The number of aromatic amines is 1. The molecule has 1 amide bonds. The zero-order valence-corrected chi connectivity index (χ0v) is 12.5. The van der Waals surface area contributed by atoms with Gasteiger partial charge < -0.3 is 10.3 Å². The molecule has 0 spiro atoms. The summed E-state index contributed by atoms with van der Waals surface area (Å²) in [6.45, 7) is 1.46. The molecule has 5 heteroatoms. The molecule has 1 aromatic carbocycles. The lowest BCUT2D eigenvalue weighted by Gasteiger charge is -2.06. The Morgan fingerprint density at radius 2 is 1.87 bits per heavy atom. The lowest BCUT2D eigenvalue weighted by Crippen LogP contribution is -2.05. The molecule has 0 atom stereocenters. The average Bonchev–Trinajstić information content (AvgIpc) is 3.05. The van der Waals surface area contributed by atoms with Gasteiger partial charge in [0.15, 0.2) is 5.78 Å². The Morgan fingerprint density at radius 1 is 1.09 bits per heavy atom. The first-order valence-corrected chi connectivity index (χ1v) is 7.14. The van der Waals surface area contributed by atoms with Crippen LogP contribution in [0.5, 0.6) is 0 Å². The number of amides is 1. The summed E-state index contributed by atoms with van der Waals surface area (Å²) in [6.07, 6.45) is 6.66. The number of carbonyl (C=O) groups excluding carboxylic acids is 2. The van der Waals surface area contributed by atoms with Crippen molar-refractivity contribution in [1.82, 2.24) is 9.97 Å². The average molecular weight is 305 g/mol. The molecule has 0 saturated carbocycles. The van der Waals surface area contributed by atoms with Gasteiger partial charge in [0.25, 0.3) is 0 Å². The Labute approximate surface area is 133 Å². The Hall–Kier alpha value is -3.21. The third-order valence-electron chi connectivity index (χ3n) is 3.43. The summed E-state index contributed by atoms with van der Waals surface area (Å²) in [4.78, 5) is 30.6. The van der Waals surface area contributed by atoms with E-state index in [1.807, 2.05) is 24.3 Å². The number of nitrogens with zero attached hydrogens (tertiary/aromatic N) is 1. The smallest absolute Gasteiger partial charge is 0.221 e. The molecule has 0 fully saturated rings. The normalized spacial score (nSPS) is 10.3. The van der Waals surface area contributed by atoms with Gasteiger partial charge in [0, 0.05) is 54.1 Å². The van der Waals surface area contributed by atoms with Gasteiger partial charge in [-0.05, 0) is 29.8 Å². The number of anilines is 1. The molecule has 3 rings (SSSR count). The molecule has 0 unspecified atom stereocenters. The minimum absolute atomic E-state index is 0.0831. The molecule has 2 aromatic heterocycles. The summed E-state index contributed by atoms with van der Waals surface area (Å²) in [5.41, 5.74) is 3.56. The number of ketones is 1. The molecule has 3 aromatic rings. The van der Waals surface area contributed by atoms with Crippen molar-refractivity contribution in [2.75, 3.05) is 5.32 Å². The van der Waals surface area contributed by atoms with Crippen molar-refractivity contribution in [2.24, 2.45) is 0 Å². The topological polar surface area (TPSA) is 74.8 Å². The highest BCUT2D eigenvalue weighted by Gasteiger charge is 2.15. The number of hydrogen-bond donors (Lipinski definition) is 2. The van der Waals surface area contributed by atoms with Crippen molar-refractivity contribution in [3.63, 3.8) is 0 Å². The molecular formula is C18H15N3O2. The summed E-state index contributed by atoms with van der Waals surface area (Å²) in [5.74, 6) is -0.202. The van der Waals surface area contributed by atoms with Gasteiger partial charge in [-0.3, -0.25) is 14.6 Å². The monoisotopic (exact) mass is 305 g/mol. The predicted octanol–water partition coefficient (Wildman–Crippen LogP) is 3.27. The SMILES string of the molecule is CC(=O)Nc1ccc(-c2c[nH]cc2C(=O)c2cccnc2)cc1. The Kier molecular flexibility index (Phi) is 4.01. The fraction of sp³-hybridized carbons (Fsp3) is 0.0556. The number of hydrogen-bond acceptors (Lipinski definition) is 3. The van der Waals surface area contributed by atoms with Crippen LogP contribution in [0, 0.1) is 0 Å². The Bertz CT molecular complexity index is 836. The fourth-order valence-corrected chi connectivity index (χ4v) is 2.38. The van der Waals surface area contributed by atoms with E-state index in [9.17, 15) is 9.59 Å². The van der Waals surface area contributed by atoms with E-state index >= 15 is 0 Å². The minimum Gasteiger partial charge on any atom is -0.366 e. The molecule has 5 nitrogen and oxygen atoms in total. The molecule has 2 heterocycles. The van der Waals surface area contributed by atoms with E-state index in [0.717, 1.165) is 16.8 Å². The van der Waals surface area contributed by atoms with Crippen molar-refractivity contribution in [1.29, 1.82) is 0 Å². The van der Waals surface area contributed by atoms with E-state index in [2.05, 4.69) is 15.3 Å². The van der Waals surface area contributed by atoms with Crippen molar-refractivity contribution >= 4 is 17.4 Å². The van der Waals surface area contributed by atoms with E-state index in [1.54, 1.807) is 36.9 Å². The van der Waals surface area contributed by atoms with E-state index in [1.165, 1.54) is 6.92 Å². The summed E-state index contributed by atoms with van der Waals surface area (Å²) < 4.78 is 0. The molecule has 0 radical (unpaired) electrons. The lowest BCUT2D eigenvalue weighted by atomic mass is 9.99. The van der Waals surface area contributed by atoms with Gasteiger partial charge >= 0.3 is 0 Å². The summed E-state index contributed by atoms with van der Waals surface area (Å²) >= 11 is 0. The van der Waals surface area contributed by atoms with Crippen LogP contribution in [0.2, 0.25) is 0 Å². The van der Waals surface area contributed by atoms with E-state index < -0.39 is 0 Å². The van der Waals surface area contributed by atoms with Gasteiger partial charge in [-0.25, -0.2) is 0 Å². The first-order valence-electron chi connectivity index (χ1n) is 7.14. The van der Waals surface area contributed by atoms with Crippen LogP contribution in [-0.2, 0) is 4.79 Å². The highest BCUT2D eigenvalue weighted by molar-refractivity contribution is 6.12. The third-order valence-corrected chi connectivity index (χ3v) is 3.43. The number of nitrogens with one attached hydrogen (secondary N) is 2. The third kappa shape index (κ3) is 3.18. The number of carbonyl (C=O) groups is 2. The Morgan fingerprint density at radius 3 is 2.52 bits per heavy atom. The molecule has 114 valence electrons. The molecule has 2 N–H and O–H groups in total. The van der Waals surface area contributed by atoms with Crippen molar-refractivity contribution in [2.45, 2.75) is 6.92 Å². The number of H-pyrrole nitrogens is 1. The number of benzene rings is 1. The van der Waals surface area contributed by atoms with Crippen LogP contribution < -0.4 is 5.32 Å². The van der Waals surface area contributed by atoms with Crippen LogP contribution in [0.4, 0.5) is 5.69 Å². The maximum atomic E-state index is 12.6. The highest BCUT2D eigenvalue weighted by atomic mass is 16.1. The molecule has 0 aliphatic carbocycles. The Balaban J connectivity index is 1.92. The van der Waals surface area contributed by atoms with E-state index in [0.29, 0.717) is 11.1 Å². The second-order valence-corrected chi connectivity index (χ2v) is 5.11. The largest absolute Gasteiger partial charge is 0.366 e. The molecule has 0 aliphatic rings. The fourth-order valence-electron chi connectivity index (χ4n) is 2.38. The summed E-state index contributed by atoms with van der Waals surface area (Å²) in [7, 11) is 0. The van der Waals surface area contributed by atoms with Crippen LogP contribution in [0.1, 0.15) is 22.8 Å². The highest BCUT2D eigenvalue weighted by Crippen LogP contribution is 2.26.